The lowest BCUT2D eigenvalue weighted by atomic mass is 10.1. The van der Waals surface area contributed by atoms with Crippen LogP contribution >= 0.6 is 0 Å². The summed E-state index contributed by atoms with van der Waals surface area (Å²) in [4.78, 5) is 0. The third-order valence-corrected chi connectivity index (χ3v) is 4.49. The van der Waals surface area contributed by atoms with E-state index >= 15 is 0 Å². The molecule has 0 spiro atoms. The van der Waals surface area contributed by atoms with Crippen molar-refractivity contribution in [3.8, 4) is 6.07 Å². The van der Waals surface area contributed by atoms with E-state index in [2.05, 4.69) is 4.72 Å². The molecular weight excluding hydrogens is 285 g/mol. The number of nitrogens with zero attached hydrogens (tertiary/aromatic N) is 2. The van der Waals surface area contributed by atoms with E-state index in [0.29, 0.717) is 13.2 Å². The minimum absolute atomic E-state index is 0.156. The van der Waals surface area contributed by atoms with E-state index in [1.54, 1.807) is 0 Å². The molecule has 1 aliphatic rings. The Hall–Kier alpha value is -1.53. The van der Waals surface area contributed by atoms with Crippen molar-refractivity contribution < 1.29 is 17.5 Å². The first-order valence-corrected chi connectivity index (χ1v) is 7.48. The molecule has 1 saturated heterocycles. The molecule has 0 radical (unpaired) electrons. The van der Waals surface area contributed by atoms with Crippen LogP contribution in [0.25, 0.3) is 0 Å². The third-order valence-electron chi connectivity index (χ3n) is 2.94. The third kappa shape index (κ3) is 3.52. The second-order valence-electron chi connectivity index (χ2n) is 4.26. The van der Waals surface area contributed by atoms with Crippen LogP contribution in [0.15, 0.2) is 18.2 Å². The second-order valence-corrected chi connectivity index (χ2v) is 6.01. The molecule has 1 heterocycles. The summed E-state index contributed by atoms with van der Waals surface area (Å²) in [7, 11) is -3.64. The fourth-order valence-corrected chi connectivity index (χ4v) is 2.96. The zero-order chi connectivity index (χ0) is 14.6. The van der Waals surface area contributed by atoms with Gasteiger partial charge < -0.3 is 4.74 Å². The van der Waals surface area contributed by atoms with Gasteiger partial charge in [-0.25, -0.2) is 4.39 Å². The molecule has 1 aromatic carbocycles. The van der Waals surface area contributed by atoms with Gasteiger partial charge in [-0.05, 0) is 12.1 Å². The zero-order valence-corrected chi connectivity index (χ0v) is 11.5. The molecule has 0 unspecified atom stereocenters. The second kappa shape index (κ2) is 6.28. The van der Waals surface area contributed by atoms with Crippen LogP contribution in [0.1, 0.15) is 11.1 Å². The normalized spacial score (nSPS) is 16.8. The van der Waals surface area contributed by atoms with Gasteiger partial charge in [-0.3, -0.25) is 0 Å². The van der Waals surface area contributed by atoms with E-state index in [4.69, 9.17) is 10.00 Å². The number of morpholine rings is 1. The van der Waals surface area contributed by atoms with Gasteiger partial charge in [0.05, 0.1) is 24.8 Å². The average Bonchev–Trinajstić information content (AvgIpc) is 2.47. The Bertz CT molecular complexity index is 621. The lowest BCUT2D eigenvalue weighted by molar-refractivity contribution is 0.0724. The van der Waals surface area contributed by atoms with Gasteiger partial charge in [-0.2, -0.15) is 22.7 Å². The van der Waals surface area contributed by atoms with Gasteiger partial charge in [0, 0.05) is 25.2 Å². The van der Waals surface area contributed by atoms with Crippen LogP contribution in [0.2, 0.25) is 0 Å². The number of halogens is 1. The first-order chi connectivity index (χ1) is 9.53. The Kier molecular flexibility index (Phi) is 4.67. The van der Waals surface area contributed by atoms with Crippen LogP contribution in [0.4, 0.5) is 4.39 Å². The molecule has 1 aliphatic heterocycles. The van der Waals surface area contributed by atoms with Crippen molar-refractivity contribution >= 4 is 10.2 Å². The average molecular weight is 299 g/mol. The van der Waals surface area contributed by atoms with Crippen LogP contribution < -0.4 is 4.72 Å². The predicted molar refractivity (Wildman–Crippen MR) is 69.3 cm³/mol. The smallest absolute Gasteiger partial charge is 0.279 e. The molecule has 1 N–H and O–H groups in total. The number of nitrogens with one attached hydrogen (secondary N) is 1. The van der Waals surface area contributed by atoms with Gasteiger partial charge in [0.25, 0.3) is 10.2 Å². The first kappa shape index (κ1) is 14.9. The van der Waals surface area contributed by atoms with E-state index < -0.39 is 16.0 Å². The summed E-state index contributed by atoms with van der Waals surface area (Å²) in [5.41, 5.74) is 0.392. The highest BCUT2D eigenvalue weighted by Gasteiger charge is 2.23. The van der Waals surface area contributed by atoms with Crippen molar-refractivity contribution in [1.82, 2.24) is 9.03 Å². The van der Waals surface area contributed by atoms with Gasteiger partial charge >= 0.3 is 0 Å². The number of ether oxygens (including phenoxy) is 1. The SMILES string of the molecule is N#Cc1ccc(CNS(=O)(=O)N2CCOCC2)c(F)c1. The molecule has 2 rings (SSSR count). The van der Waals surface area contributed by atoms with Crippen LogP contribution in [0, 0.1) is 17.1 Å². The van der Waals surface area contributed by atoms with Crippen LogP contribution in [0.3, 0.4) is 0 Å². The minimum Gasteiger partial charge on any atom is -0.379 e. The highest BCUT2D eigenvalue weighted by atomic mass is 32.2. The Labute approximate surface area is 116 Å². The standard InChI is InChI=1S/C12H14FN3O3S/c13-12-7-10(8-14)1-2-11(12)9-15-20(17,18)16-3-5-19-6-4-16/h1-2,7,15H,3-6,9H2. The minimum atomic E-state index is -3.64. The van der Waals surface area contributed by atoms with Gasteiger partial charge in [0.2, 0.25) is 0 Å². The Morgan fingerprint density at radius 3 is 2.70 bits per heavy atom. The summed E-state index contributed by atoms with van der Waals surface area (Å²) in [5.74, 6) is -0.603. The maximum atomic E-state index is 13.6. The predicted octanol–water partition coefficient (Wildman–Crippen LogP) is 0.364. The van der Waals surface area contributed by atoms with Gasteiger partial charge in [0.15, 0.2) is 0 Å². The molecule has 0 saturated carbocycles. The number of hydrogen-bond acceptors (Lipinski definition) is 4. The largest absolute Gasteiger partial charge is 0.379 e. The van der Waals surface area contributed by atoms with Gasteiger partial charge in [-0.15, -0.1) is 0 Å². The molecule has 1 fully saturated rings. The fraction of sp³-hybridized carbons (Fsp3) is 0.417. The molecule has 0 atom stereocenters. The molecule has 0 aliphatic carbocycles. The quantitative estimate of drug-likeness (QED) is 0.870. The van der Waals surface area contributed by atoms with Crippen molar-refractivity contribution in [2.24, 2.45) is 0 Å². The van der Waals surface area contributed by atoms with Gasteiger partial charge in [0.1, 0.15) is 5.82 Å². The van der Waals surface area contributed by atoms with E-state index in [1.807, 2.05) is 6.07 Å². The molecule has 1 aromatic rings. The lowest BCUT2D eigenvalue weighted by Gasteiger charge is -2.26. The Balaban J connectivity index is 2.02. The van der Waals surface area contributed by atoms with Crippen molar-refractivity contribution in [3.63, 3.8) is 0 Å². The summed E-state index contributed by atoms with van der Waals surface area (Å²) in [6.07, 6.45) is 0. The molecule has 8 heteroatoms. The van der Waals surface area contributed by atoms with E-state index in [1.165, 1.54) is 16.4 Å². The molecular formula is C12H14FN3O3S. The molecule has 0 amide bonds. The Morgan fingerprint density at radius 1 is 1.40 bits per heavy atom. The fourth-order valence-electron chi connectivity index (χ4n) is 1.81. The van der Waals surface area contributed by atoms with Crippen molar-refractivity contribution in [3.05, 3.63) is 35.1 Å². The number of benzene rings is 1. The number of hydrogen-bond donors (Lipinski definition) is 1. The maximum Gasteiger partial charge on any atom is 0.279 e. The van der Waals surface area contributed by atoms with Crippen LogP contribution in [-0.4, -0.2) is 39.0 Å². The zero-order valence-electron chi connectivity index (χ0n) is 10.7. The van der Waals surface area contributed by atoms with Gasteiger partial charge in [-0.1, -0.05) is 6.07 Å². The molecule has 6 nitrogen and oxygen atoms in total. The molecule has 108 valence electrons. The van der Waals surface area contributed by atoms with Crippen molar-refractivity contribution in [2.45, 2.75) is 6.54 Å². The summed E-state index contributed by atoms with van der Waals surface area (Å²) >= 11 is 0. The summed E-state index contributed by atoms with van der Waals surface area (Å²) < 4.78 is 46.3. The highest BCUT2D eigenvalue weighted by molar-refractivity contribution is 7.87. The summed E-state index contributed by atoms with van der Waals surface area (Å²) in [5, 5.41) is 8.64. The van der Waals surface area contributed by atoms with Crippen LogP contribution in [0.5, 0.6) is 0 Å². The monoisotopic (exact) mass is 299 g/mol. The molecule has 20 heavy (non-hydrogen) atoms. The van der Waals surface area contributed by atoms with E-state index in [9.17, 15) is 12.8 Å². The number of rotatable bonds is 4. The van der Waals surface area contributed by atoms with E-state index in [0.717, 1.165) is 6.07 Å². The lowest BCUT2D eigenvalue weighted by Crippen LogP contribution is -2.46. The summed E-state index contributed by atoms with van der Waals surface area (Å²) in [6.45, 7) is 1.12. The number of nitriles is 1. The molecule has 0 aromatic heterocycles. The Morgan fingerprint density at radius 2 is 2.10 bits per heavy atom. The van der Waals surface area contributed by atoms with Crippen molar-refractivity contribution in [1.29, 1.82) is 5.26 Å². The van der Waals surface area contributed by atoms with E-state index in [-0.39, 0.29) is 30.8 Å². The van der Waals surface area contributed by atoms with Crippen molar-refractivity contribution in [2.75, 3.05) is 26.3 Å². The topological polar surface area (TPSA) is 82.4 Å². The highest BCUT2D eigenvalue weighted by Crippen LogP contribution is 2.11. The maximum absolute atomic E-state index is 13.6. The summed E-state index contributed by atoms with van der Waals surface area (Å²) in [6, 6.07) is 5.74. The molecule has 0 bridgehead atoms. The first-order valence-electron chi connectivity index (χ1n) is 6.04. The van der Waals surface area contributed by atoms with Crippen LogP contribution in [-0.2, 0) is 21.5 Å².